The van der Waals surface area contributed by atoms with Gasteiger partial charge in [0.1, 0.15) is 0 Å². The van der Waals surface area contributed by atoms with Crippen LogP contribution in [0.4, 0.5) is 5.69 Å². The summed E-state index contributed by atoms with van der Waals surface area (Å²) in [6.07, 6.45) is 6.42. The highest BCUT2D eigenvalue weighted by Crippen LogP contribution is 2.35. The van der Waals surface area contributed by atoms with E-state index in [1.807, 2.05) is 35.7 Å². The minimum Gasteiger partial charge on any atom is -0.305 e. The van der Waals surface area contributed by atoms with Gasteiger partial charge >= 0.3 is 0 Å². The Labute approximate surface area is 134 Å². The van der Waals surface area contributed by atoms with Crippen LogP contribution in [0.1, 0.15) is 24.1 Å². The first-order valence-electron chi connectivity index (χ1n) is 7.79. The fraction of sp³-hybridized carbons (Fsp3) is 0.500. The highest BCUT2D eigenvalue weighted by atomic mass is 32.1. The molecule has 2 aromatic rings. The normalized spacial score (nSPS) is 25.7. The molecule has 2 aliphatic rings. The molecule has 2 aliphatic heterocycles. The van der Waals surface area contributed by atoms with Gasteiger partial charge in [0.2, 0.25) is 5.91 Å². The molecule has 2 fully saturated rings. The van der Waals surface area contributed by atoms with Crippen molar-refractivity contribution in [3.63, 3.8) is 0 Å². The van der Waals surface area contributed by atoms with Gasteiger partial charge in [0.25, 0.3) is 0 Å². The van der Waals surface area contributed by atoms with Crippen molar-refractivity contribution in [2.45, 2.75) is 37.9 Å². The zero-order chi connectivity index (χ0) is 15.1. The number of nitrogens with zero attached hydrogens (tertiary/aromatic N) is 4. The molecule has 4 rings (SSSR count). The van der Waals surface area contributed by atoms with Gasteiger partial charge in [-0.25, -0.2) is 0 Å². The van der Waals surface area contributed by atoms with Crippen LogP contribution in [-0.4, -0.2) is 39.2 Å². The molecule has 22 heavy (non-hydrogen) atoms. The second-order valence-electron chi connectivity index (χ2n) is 6.15. The van der Waals surface area contributed by atoms with E-state index in [-0.39, 0.29) is 5.91 Å². The molecule has 0 radical (unpaired) electrons. The number of rotatable bonds is 3. The van der Waals surface area contributed by atoms with Gasteiger partial charge in [0.15, 0.2) is 0 Å². The number of carbonyl (C=O) groups excluding carboxylic acids is 1. The lowest BCUT2D eigenvalue weighted by Gasteiger charge is -2.39. The zero-order valence-corrected chi connectivity index (χ0v) is 13.5. The number of aryl methyl sites for hydroxylation is 1. The van der Waals surface area contributed by atoms with Gasteiger partial charge in [0, 0.05) is 43.7 Å². The minimum absolute atomic E-state index is 0.243. The summed E-state index contributed by atoms with van der Waals surface area (Å²) in [5.41, 5.74) is 0.945. The van der Waals surface area contributed by atoms with Crippen LogP contribution in [0.25, 0.3) is 0 Å². The summed E-state index contributed by atoms with van der Waals surface area (Å²) < 4.78 is 1.77. The molecular weight excluding hydrogens is 296 g/mol. The van der Waals surface area contributed by atoms with Crippen LogP contribution in [0.15, 0.2) is 29.9 Å². The fourth-order valence-corrected chi connectivity index (χ4v) is 4.55. The lowest BCUT2D eigenvalue weighted by Crippen LogP contribution is -2.52. The number of thiophene rings is 1. The second kappa shape index (κ2) is 5.52. The molecule has 2 saturated heterocycles. The molecule has 1 amide bonds. The fourth-order valence-electron chi connectivity index (χ4n) is 3.82. The Bertz CT molecular complexity index is 666. The molecule has 0 bridgehead atoms. The van der Waals surface area contributed by atoms with Crippen LogP contribution in [0.3, 0.4) is 0 Å². The highest BCUT2D eigenvalue weighted by Gasteiger charge is 2.43. The van der Waals surface area contributed by atoms with Crippen LogP contribution >= 0.6 is 11.3 Å². The van der Waals surface area contributed by atoms with E-state index in [9.17, 15) is 4.79 Å². The first kappa shape index (κ1) is 14.0. The second-order valence-corrected chi connectivity index (χ2v) is 7.18. The van der Waals surface area contributed by atoms with Gasteiger partial charge in [-0.15, -0.1) is 11.3 Å². The number of hydrogen-bond acceptors (Lipinski definition) is 4. The van der Waals surface area contributed by atoms with Gasteiger partial charge in [-0.05, 0) is 24.3 Å². The van der Waals surface area contributed by atoms with Crippen LogP contribution in [-0.2, 0) is 18.4 Å². The Kier molecular flexibility index (Phi) is 3.50. The van der Waals surface area contributed by atoms with Gasteiger partial charge in [-0.2, -0.15) is 5.10 Å². The van der Waals surface area contributed by atoms with Gasteiger partial charge < -0.3 is 4.90 Å². The van der Waals surface area contributed by atoms with Gasteiger partial charge in [-0.3, -0.25) is 14.4 Å². The Balaban J connectivity index is 1.56. The molecule has 0 aliphatic carbocycles. The van der Waals surface area contributed by atoms with Crippen molar-refractivity contribution in [2.24, 2.45) is 7.05 Å². The monoisotopic (exact) mass is 316 g/mol. The number of likely N-dealkylation sites (tertiary alicyclic amines) is 1. The smallest absolute Gasteiger partial charge is 0.227 e. The maximum Gasteiger partial charge on any atom is 0.227 e. The summed E-state index contributed by atoms with van der Waals surface area (Å²) in [6, 6.07) is 5.08. The molecular formula is C16H20N4OS. The lowest BCUT2D eigenvalue weighted by molar-refractivity contribution is -0.120. The summed E-state index contributed by atoms with van der Waals surface area (Å²) in [5.74, 6) is 0.243. The molecule has 116 valence electrons. The van der Waals surface area contributed by atoms with Gasteiger partial charge in [-0.1, -0.05) is 6.07 Å². The Morgan fingerprint density at radius 1 is 1.36 bits per heavy atom. The third kappa shape index (κ3) is 2.36. The predicted molar refractivity (Wildman–Crippen MR) is 86.9 cm³/mol. The van der Waals surface area contributed by atoms with E-state index in [4.69, 9.17) is 0 Å². The van der Waals surface area contributed by atoms with Crippen molar-refractivity contribution in [2.75, 3.05) is 11.4 Å². The van der Waals surface area contributed by atoms with Gasteiger partial charge in [0.05, 0.1) is 17.9 Å². The van der Waals surface area contributed by atoms with Crippen molar-refractivity contribution in [1.29, 1.82) is 0 Å². The maximum atomic E-state index is 12.4. The zero-order valence-electron chi connectivity index (χ0n) is 12.7. The van der Waals surface area contributed by atoms with Crippen LogP contribution in [0, 0.1) is 0 Å². The number of hydrogen-bond donors (Lipinski definition) is 0. The number of piperidine rings is 1. The summed E-state index contributed by atoms with van der Waals surface area (Å²) in [7, 11) is 1.90. The first-order valence-corrected chi connectivity index (χ1v) is 8.67. The number of amides is 1. The number of anilines is 1. The van der Waals surface area contributed by atoms with E-state index in [0.29, 0.717) is 18.5 Å². The summed E-state index contributed by atoms with van der Waals surface area (Å²) in [5, 5.41) is 6.37. The minimum atomic E-state index is 0.243. The topological polar surface area (TPSA) is 41.4 Å². The Morgan fingerprint density at radius 2 is 2.27 bits per heavy atom. The first-order chi connectivity index (χ1) is 10.7. The maximum absolute atomic E-state index is 12.4. The molecule has 4 heterocycles. The van der Waals surface area contributed by atoms with Crippen molar-refractivity contribution < 1.29 is 4.79 Å². The summed E-state index contributed by atoms with van der Waals surface area (Å²) in [4.78, 5) is 18.4. The van der Waals surface area contributed by atoms with E-state index < -0.39 is 0 Å². The van der Waals surface area contributed by atoms with E-state index in [2.05, 4.69) is 27.5 Å². The van der Waals surface area contributed by atoms with E-state index >= 15 is 0 Å². The average molecular weight is 316 g/mol. The average Bonchev–Trinajstić information content (AvgIpc) is 3.22. The molecule has 5 nitrogen and oxygen atoms in total. The highest BCUT2D eigenvalue weighted by molar-refractivity contribution is 7.09. The van der Waals surface area contributed by atoms with E-state index in [0.717, 1.165) is 31.6 Å². The van der Waals surface area contributed by atoms with E-state index in [1.165, 1.54) is 4.88 Å². The molecule has 0 unspecified atom stereocenters. The van der Waals surface area contributed by atoms with Crippen molar-refractivity contribution in [3.05, 3.63) is 34.8 Å². The van der Waals surface area contributed by atoms with E-state index in [1.54, 1.807) is 4.68 Å². The molecule has 0 saturated carbocycles. The molecule has 0 spiro atoms. The van der Waals surface area contributed by atoms with Crippen molar-refractivity contribution in [3.8, 4) is 0 Å². The lowest BCUT2D eigenvalue weighted by atomic mass is 9.96. The Morgan fingerprint density at radius 3 is 3.00 bits per heavy atom. The third-order valence-corrected chi connectivity index (χ3v) is 5.65. The molecule has 2 aromatic heterocycles. The molecule has 0 N–H and O–H groups in total. The summed E-state index contributed by atoms with van der Waals surface area (Å²) in [6.45, 7) is 2.07. The molecule has 2 atom stereocenters. The predicted octanol–water partition coefficient (Wildman–Crippen LogP) is 2.25. The summed E-state index contributed by atoms with van der Waals surface area (Å²) >= 11 is 1.81. The third-order valence-electron chi connectivity index (χ3n) is 4.79. The standard InChI is InChI=1S/C16H20N4OS/c1-18-10-12(9-17-18)20-15-6-7-19(11-13-3-2-8-22-13)14(15)4-5-16(20)21/h2-3,8-10,14-15H,4-7,11H2,1H3/t14-,15-/m1/s1. The van der Waals surface area contributed by atoms with Crippen LogP contribution in [0.5, 0.6) is 0 Å². The number of carbonyl (C=O) groups is 1. The molecule has 6 heteroatoms. The number of fused-ring (bicyclic) bond motifs is 1. The van der Waals surface area contributed by atoms with Crippen molar-refractivity contribution >= 4 is 22.9 Å². The van der Waals surface area contributed by atoms with Crippen LogP contribution in [0.2, 0.25) is 0 Å². The number of aromatic nitrogens is 2. The quantitative estimate of drug-likeness (QED) is 0.872. The SMILES string of the molecule is Cn1cc(N2C(=O)CC[C@@H]3[C@H]2CCN3Cc2cccs2)cn1. The Hall–Kier alpha value is -1.66. The van der Waals surface area contributed by atoms with Crippen molar-refractivity contribution in [1.82, 2.24) is 14.7 Å². The van der Waals surface area contributed by atoms with Crippen LogP contribution < -0.4 is 4.90 Å². The largest absolute Gasteiger partial charge is 0.305 e. The molecule has 0 aromatic carbocycles.